The van der Waals surface area contributed by atoms with Crippen LogP contribution in [-0.4, -0.2) is 54.0 Å². The zero-order chi connectivity index (χ0) is 17.7. The smallest absolute Gasteiger partial charge is 0.410 e. The molecule has 134 valence electrons. The number of nitrogen functional groups attached to an aromatic ring is 1. The van der Waals surface area contributed by atoms with Gasteiger partial charge in [0.15, 0.2) is 0 Å². The lowest BCUT2D eigenvalue weighted by Crippen LogP contribution is -2.49. The maximum absolute atomic E-state index is 12.4. The van der Waals surface area contributed by atoms with Gasteiger partial charge < -0.3 is 25.4 Å². The number of rotatable bonds is 4. The third-order valence-corrected chi connectivity index (χ3v) is 4.13. The minimum Gasteiger partial charge on any atom is -0.444 e. The van der Waals surface area contributed by atoms with Crippen LogP contribution in [0.2, 0.25) is 0 Å². The van der Waals surface area contributed by atoms with Crippen molar-refractivity contribution in [1.82, 2.24) is 4.90 Å². The maximum atomic E-state index is 12.4. The second kappa shape index (κ2) is 7.75. The van der Waals surface area contributed by atoms with Crippen LogP contribution in [0.15, 0.2) is 24.3 Å². The number of nitrogens with zero attached hydrogens (tertiary/aromatic N) is 2. The first-order chi connectivity index (χ1) is 11.3. The number of amides is 1. The lowest BCUT2D eigenvalue weighted by molar-refractivity contribution is 0.00971. The Hall–Kier alpha value is -1.95. The van der Waals surface area contributed by atoms with Crippen LogP contribution in [-0.2, 0) is 4.74 Å². The summed E-state index contributed by atoms with van der Waals surface area (Å²) in [6.07, 6.45) is 1.36. The molecule has 1 heterocycles. The Morgan fingerprint density at radius 2 is 1.88 bits per heavy atom. The minimum atomic E-state index is -0.532. The second-order valence-electron chi connectivity index (χ2n) is 7.21. The summed E-state index contributed by atoms with van der Waals surface area (Å²) in [5, 5.41) is 9.30. The van der Waals surface area contributed by atoms with Gasteiger partial charge in [-0.05, 0) is 57.9 Å². The Labute approximate surface area is 144 Å². The first kappa shape index (κ1) is 18.4. The molecule has 0 unspecified atom stereocenters. The lowest BCUT2D eigenvalue weighted by atomic mass is 10.0. The van der Waals surface area contributed by atoms with E-state index in [-0.39, 0.29) is 18.7 Å². The van der Waals surface area contributed by atoms with Gasteiger partial charge in [-0.1, -0.05) is 0 Å². The van der Waals surface area contributed by atoms with Crippen LogP contribution in [0.5, 0.6) is 0 Å². The number of hydrogen-bond donors (Lipinski definition) is 2. The predicted octanol–water partition coefficient (Wildman–Crippen LogP) is 2.47. The van der Waals surface area contributed by atoms with Gasteiger partial charge in [0, 0.05) is 37.1 Å². The van der Waals surface area contributed by atoms with Gasteiger partial charge in [0.05, 0.1) is 6.61 Å². The van der Waals surface area contributed by atoms with Crippen molar-refractivity contribution in [2.24, 2.45) is 0 Å². The zero-order valence-corrected chi connectivity index (χ0v) is 14.9. The van der Waals surface area contributed by atoms with Crippen molar-refractivity contribution in [3.05, 3.63) is 24.3 Å². The molecule has 0 spiro atoms. The normalized spacial score (nSPS) is 16.1. The van der Waals surface area contributed by atoms with Crippen molar-refractivity contribution in [2.75, 3.05) is 36.9 Å². The monoisotopic (exact) mass is 335 g/mol. The number of hydrogen-bond acceptors (Lipinski definition) is 5. The van der Waals surface area contributed by atoms with Crippen molar-refractivity contribution >= 4 is 17.5 Å². The fourth-order valence-corrected chi connectivity index (χ4v) is 2.97. The van der Waals surface area contributed by atoms with E-state index in [1.54, 1.807) is 4.90 Å². The van der Waals surface area contributed by atoms with E-state index in [1.165, 1.54) is 0 Å². The molecule has 1 saturated heterocycles. The third-order valence-electron chi connectivity index (χ3n) is 4.13. The highest BCUT2D eigenvalue weighted by Crippen LogP contribution is 2.24. The fraction of sp³-hybridized carbons (Fsp3) is 0.611. The molecular weight excluding hydrogens is 306 g/mol. The molecule has 1 aliphatic rings. The topological polar surface area (TPSA) is 79.0 Å². The minimum absolute atomic E-state index is 0.0581. The highest BCUT2D eigenvalue weighted by atomic mass is 16.6. The predicted molar refractivity (Wildman–Crippen MR) is 96.1 cm³/mol. The number of benzene rings is 1. The van der Waals surface area contributed by atoms with Crippen LogP contribution in [0.25, 0.3) is 0 Å². The Morgan fingerprint density at radius 3 is 2.38 bits per heavy atom. The first-order valence-corrected chi connectivity index (χ1v) is 8.51. The molecule has 3 N–H and O–H groups in total. The molecule has 1 aromatic carbocycles. The highest BCUT2D eigenvalue weighted by Gasteiger charge is 2.30. The van der Waals surface area contributed by atoms with Gasteiger partial charge in [-0.3, -0.25) is 0 Å². The summed E-state index contributed by atoms with van der Waals surface area (Å²) < 4.78 is 5.48. The van der Waals surface area contributed by atoms with Gasteiger partial charge in [0.1, 0.15) is 5.60 Å². The van der Waals surface area contributed by atoms with Crippen LogP contribution >= 0.6 is 0 Å². The number of piperidine rings is 1. The van der Waals surface area contributed by atoms with Crippen LogP contribution in [0.3, 0.4) is 0 Å². The van der Waals surface area contributed by atoms with Crippen molar-refractivity contribution in [3.63, 3.8) is 0 Å². The molecule has 1 amide bonds. The number of nitrogens with two attached hydrogens (primary N) is 1. The number of aliphatic hydroxyl groups excluding tert-OH is 1. The van der Waals surface area contributed by atoms with Crippen LogP contribution < -0.4 is 10.6 Å². The third kappa shape index (κ3) is 5.03. The first-order valence-electron chi connectivity index (χ1n) is 8.51. The second-order valence-corrected chi connectivity index (χ2v) is 7.21. The molecule has 0 aromatic heterocycles. The number of anilines is 2. The lowest BCUT2D eigenvalue weighted by Gasteiger charge is -2.39. The number of aliphatic hydroxyl groups is 1. The van der Waals surface area contributed by atoms with Gasteiger partial charge >= 0.3 is 6.09 Å². The summed E-state index contributed by atoms with van der Waals surface area (Å²) >= 11 is 0. The largest absolute Gasteiger partial charge is 0.444 e. The van der Waals surface area contributed by atoms with E-state index in [2.05, 4.69) is 4.90 Å². The molecule has 6 heteroatoms. The van der Waals surface area contributed by atoms with Gasteiger partial charge in [-0.15, -0.1) is 0 Å². The van der Waals surface area contributed by atoms with Crippen molar-refractivity contribution in [1.29, 1.82) is 0 Å². The molecule has 0 bridgehead atoms. The van der Waals surface area contributed by atoms with Gasteiger partial charge in [0.25, 0.3) is 0 Å². The molecule has 6 nitrogen and oxygen atoms in total. The molecule has 1 fully saturated rings. The Balaban J connectivity index is 1.97. The van der Waals surface area contributed by atoms with E-state index in [1.807, 2.05) is 45.0 Å². The van der Waals surface area contributed by atoms with Gasteiger partial charge in [-0.2, -0.15) is 0 Å². The molecule has 1 aliphatic heterocycles. The highest BCUT2D eigenvalue weighted by molar-refractivity contribution is 5.68. The summed E-state index contributed by atoms with van der Waals surface area (Å²) in [6, 6.07) is 7.95. The quantitative estimate of drug-likeness (QED) is 0.826. The van der Waals surface area contributed by atoms with Gasteiger partial charge in [0.2, 0.25) is 0 Å². The average molecular weight is 335 g/mol. The van der Waals surface area contributed by atoms with Crippen LogP contribution in [0, 0.1) is 0 Å². The zero-order valence-electron chi connectivity index (χ0n) is 14.9. The molecule has 0 radical (unpaired) electrons. The Kier molecular flexibility index (Phi) is 5.94. The molecule has 0 atom stereocenters. The summed E-state index contributed by atoms with van der Waals surface area (Å²) in [5.41, 5.74) is 7.11. The number of ether oxygens (including phenoxy) is 1. The SMILES string of the molecule is CC(C)(C)OC(=O)N(CCO)C1CCN(c2ccc(N)cc2)CC1. The van der Waals surface area contributed by atoms with Crippen molar-refractivity contribution < 1.29 is 14.6 Å². The van der Waals surface area contributed by atoms with Crippen molar-refractivity contribution in [3.8, 4) is 0 Å². The van der Waals surface area contributed by atoms with E-state index in [4.69, 9.17) is 10.5 Å². The number of carbonyl (C=O) groups excluding carboxylic acids is 1. The molecule has 0 aliphatic carbocycles. The van der Waals surface area contributed by atoms with E-state index in [0.29, 0.717) is 6.54 Å². The molecule has 24 heavy (non-hydrogen) atoms. The van der Waals surface area contributed by atoms with E-state index in [9.17, 15) is 9.90 Å². The summed E-state index contributed by atoms with van der Waals surface area (Å²) in [5.74, 6) is 0. The fourth-order valence-electron chi connectivity index (χ4n) is 2.97. The molecule has 2 rings (SSSR count). The molecular formula is C18H29N3O3. The van der Waals surface area contributed by atoms with Crippen LogP contribution in [0.1, 0.15) is 33.6 Å². The summed E-state index contributed by atoms with van der Waals surface area (Å²) in [4.78, 5) is 16.4. The number of carbonyl (C=O) groups is 1. The van der Waals surface area contributed by atoms with E-state index in [0.717, 1.165) is 37.3 Å². The average Bonchev–Trinajstić information content (AvgIpc) is 2.52. The Bertz CT molecular complexity index is 531. The van der Waals surface area contributed by atoms with E-state index >= 15 is 0 Å². The van der Waals surface area contributed by atoms with E-state index < -0.39 is 5.60 Å². The molecule has 1 aromatic rings. The molecule has 0 saturated carbocycles. The Morgan fingerprint density at radius 1 is 1.29 bits per heavy atom. The van der Waals surface area contributed by atoms with Crippen LogP contribution in [0.4, 0.5) is 16.2 Å². The van der Waals surface area contributed by atoms with Crippen molar-refractivity contribution in [2.45, 2.75) is 45.3 Å². The van der Waals surface area contributed by atoms with Gasteiger partial charge in [-0.25, -0.2) is 4.79 Å². The maximum Gasteiger partial charge on any atom is 0.410 e. The summed E-state index contributed by atoms with van der Waals surface area (Å²) in [7, 11) is 0. The summed E-state index contributed by atoms with van der Waals surface area (Å²) in [6.45, 7) is 7.53. The standard InChI is InChI=1S/C18H29N3O3/c1-18(2,3)24-17(23)21(12-13-22)16-8-10-20(11-9-16)15-6-4-14(19)5-7-15/h4-7,16,22H,8-13,19H2,1-3H3.